The number of halogens is 2. The van der Waals surface area contributed by atoms with Gasteiger partial charge in [0.2, 0.25) is 0 Å². The van der Waals surface area contributed by atoms with Crippen molar-refractivity contribution in [2.45, 2.75) is 13.8 Å². The Morgan fingerprint density at radius 1 is 1.05 bits per heavy atom. The number of hydrazone groups is 1. The van der Waals surface area contributed by atoms with Gasteiger partial charge >= 0.3 is 0 Å². The van der Waals surface area contributed by atoms with E-state index >= 15 is 0 Å². The van der Waals surface area contributed by atoms with Crippen LogP contribution in [-0.4, -0.2) is 11.6 Å². The van der Waals surface area contributed by atoms with Crippen LogP contribution in [0.1, 0.15) is 28.4 Å². The van der Waals surface area contributed by atoms with E-state index in [0.717, 1.165) is 17.7 Å². The number of rotatable bonds is 3. The fraction of sp³-hybridized carbons (Fsp3) is 0.125. The summed E-state index contributed by atoms with van der Waals surface area (Å²) >= 11 is 0. The molecule has 1 N–H and O–H groups in total. The maximum Gasteiger partial charge on any atom is 0.271 e. The van der Waals surface area contributed by atoms with Crippen molar-refractivity contribution in [3.8, 4) is 0 Å². The van der Waals surface area contributed by atoms with Crippen LogP contribution in [0.5, 0.6) is 0 Å². The van der Waals surface area contributed by atoms with E-state index in [1.54, 1.807) is 24.3 Å². The SMILES string of the molecule is C/C(=N/NC(=O)c1ccc(C)cc1)c1c(F)cccc1F. The predicted molar refractivity (Wildman–Crippen MR) is 77.2 cm³/mol. The number of hydrogen-bond donors (Lipinski definition) is 1. The Hall–Kier alpha value is -2.56. The molecule has 0 saturated carbocycles. The summed E-state index contributed by atoms with van der Waals surface area (Å²) in [6.45, 7) is 3.34. The molecule has 0 heterocycles. The molecular formula is C16H14F2N2O. The molecule has 0 aliphatic rings. The molecule has 0 aliphatic heterocycles. The van der Waals surface area contributed by atoms with Gasteiger partial charge in [-0.25, -0.2) is 14.2 Å². The summed E-state index contributed by atoms with van der Waals surface area (Å²) in [6, 6.07) is 10.4. The summed E-state index contributed by atoms with van der Waals surface area (Å²) in [4.78, 5) is 11.9. The molecule has 3 nitrogen and oxygen atoms in total. The second-order valence-corrected chi connectivity index (χ2v) is 4.60. The fourth-order valence-corrected chi connectivity index (χ4v) is 1.80. The topological polar surface area (TPSA) is 41.5 Å². The molecule has 5 heteroatoms. The van der Waals surface area contributed by atoms with Crippen LogP contribution in [0.3, 0.4) is 0 Å². The Morgan fingerprint density at radius 2 is 1.62 bits per heavy atom. The van der Waals surface area contributed by atoms with Crippen LogP contribution in [-0.2, 0) is 0 Å². The molecule has 0 atom stereocenters. The third-order valence-electron chi connectivity index (χ3n) is 2.96. The highest BCUT2D eigenvalue weighted by atomic mass is 19.1. The first-order chi connectivity index (χ1) is 9.99. The van der Waals surface area contributed by atoms with Crippen molar-refractivity contribution in [1.82, 2.24) is 5.43 Å². The van der Waals surface area contributed by atoms with Crippen LogP contribution in [0, 0.1) is 18.6 Å². The van der Waals surface area contributed by atoms with Gasteiger partial charge in [0.25, 0.3) is 5.91 Å². The molecule has 0 aliphatic carbocycles. The second-order valence-electron chi connectivity index (χ2n) is 4.60. The standard InChI is InChI=1S/C16H14F2N2O/c1-10-6-8-12(9-7-10)16(21)20-19-11(2)15-13(17)4-3-5-14(15)18/h3-9H,1-2H3,(H,20,21)/b19-11-. The lowest BCUT2D eigenvalue weighted by Gasteiger charge is -2.05. The van der Waals surface area contributed by atoms with Gasteiger partial charge in [-0.3, -0.25) is 4.79 Å². The van der Waals surface area contributed by atoms with Crippen LogP contribution in [0.25, 0.3) is 0 Å². The van der Waals surface area contributed by atoms with E-state index in [9.17, 15) is 13.6 Å². The van der Waals surface area contributed by atoms with Gasteiger partial charge in [0.1, 0.15) is 11.6 Å². The minimum atomic E-state index is -0.721. The van der Waals surface area contributed by atoms with Gasteiger partial charge in [0, 0.05) is 5.56 Å². The lowest BCUT2D eigenvalue weighted by molar-refractivity contribution is 0.0955. The van der Waals surface area contributed by atoms with Gasteiger partial charge in [0.05, 0.1) is 11.3 Å². The molecule has 0 unspecified atom stereocenters. The molecule has 0 spiro atoms. The number of nitrogens with zero attached hydrogens (tertiary/aromatic N) is 1. The summed E-state index contributed by atoms with van der Waals surface area (Å²) in [5.41, 5.74) is 3.55. The van der Waals surface area contributed by atoms with Gasteiger partial charge in [-0.1, -0.05) is 23.8 Å². The van der Waals surface area contributed by atoms with E-state index in [0.29, 0.717) is 5.56 Å². The third-order valence-corrected chi connectivity index (χ3v) is 2.96. The highest BCUT2D eigenvalue weighted by Crippen LogP contribution is 2.13. The van der Waals surface area contributed by atoms with Crippen molar-refractivity contribution >= 4 is 11.6 Å². The van der Waals surface area contributed by atoms with Crippen molar-refractivity contribution in [1.29, 1.82) is 0 Å². The Kier molecular flexibility index (Phi) is 4.42. The predicted octanol–water partition coefficient (Wildman–Crippen LogP) is 3.43. The maximum atomic E-state index is 13.6. The smallest absolute Gasteiger partial charge is 0.267 e. The van der Waals surface area contributed by atoms with Crippen molar-refractivity contribution in [2.75, 3.05) is 0 Å². The van der Waals surface area contributed by atoms with E-state index in [4.69, 9.17) is 0 Å². The molecule has 21 heavy (non-hydrogen) atoms. The molecular weight excluding hydrogens is 274 g/mol. The molecule has 108 valence electrons. The molecule has 2 rings (SSSR count). The Labute approximate surface area is 121 Å². The number of aryl methyl sites for hydroxylation is 1. The first-order valence-corrected chi connectivity index (χ1v) is 6.34. The van der Waals surface area contributed by atoms with Gasteiger partial charge in [-0.15, -0.1) is 0 Å². The van der Waals surface area contributed by atoms with E-state index in [1.807, 2.05) is 6.92 Å². The zero-order valence-corrected chi connectivity index (χ0v) is 11.7. The average molecular weight is 288 g/mol. The third kappa shape index (κ3) is 3.51. The number of nitrogens with one attached hydrogen (secondary N) is 1. The summed E-state index contributed by atoms with van der Waals surface area (Å²) in [6.07, 6.45) is 0. The van der Waals surface area contributed by atoms with Gasteiger partial charge in [0.15, 0.2) is 0 Å². The Balaban J connectivity index is 2.17. The van der Waals surface area contributed by atoms with Crippen molar-refractivity contribution in [3.05, 3.63) is 70.8 Å². The Morgan fingerprint density at radius 3 is 2.19 bits per heavy atom. The molecule has 0 fully saturated rings. The number of benzene rings is 2. The Bertz CT molecular complexity index is 674. The van der Waals surface area contributed by atoms with E-state index in [-0.39, 0.29) is 11.3 Å². The summed E-state index contributed by atoms with van der Waals surface area (Å²) < 4.78 is 27.1. The largest absolute Gasteiger partial charge is 0.271 e. The van der Waals surface area contributed by atoms with Crippen LogP contribution >= 0.6 is 0 Å². The lowest BCUT2D eigenvalue weighted by atomic mass is 10.1. The van der Waals surface area contributed by atoms with Crippen molar-refractivity contribution in [3.63, 3.8) is 0 Å². The molecule has 2 aromatic carbocycles. The molecule has 0 bridgehead atoms. The van der Waals surface area contributed by atoms with Crippen LogP contribution < -0.4 is 5.43 Å². The highest BCUT2D eigenvalue weighted by molar-refractivity contribution is 6.01. The molecule has 1 amide bonds. The van der Waals surface area contributed by atoms with Gasteiger partial charge in [-0.05, 0) is 38.1 Å². The molecule has 0 saturated heterocycles. The first kappa shape index (κ1) is 14.8. The minimum absolute atomic E-state index is 0.0612. The second kappa shape index (κ2) is 6.26. The van der Waals surface area contributed by atoms with Crippen molar-refractivity contribution in [2.24, 2.45) is 5.10 Å². The average Bonchev–Trinajstić information content (AvgIpc) is 2.45. The van der Waals surface area contributed by atoms with Crippen LogP contribution in [0.4, 0.5) is 8.78 Å². The first-order valence-electron chi connectivity index (χ1n) is 6.34. The highest BCUT2D eigenvalue weighted by Gasteiger charge is 2.12. The quantitative estimate of drug-likeness (QED) is 0.682. The number of amides is 1. The molecule has 2 aromatic rings. The number of carbonyl (C=O) groups is 1. The monoisotopic (exact) mass is 288 g/mol. The van der Waals surface area contributed by atoms with Gasteiger partial charge in [-0.2, -0.15) is 5.10 Å². The van der Waals surface area contributed by atoms with Crippen LogP contribution in [0.15, 0.2) is 47.6 Å². The zero-order valence-electron chi connectivity index (χ0n) is 11.7. The molecule has 0 aromatic heterocycles. The maximum absolute atomic E-state index is 13.6. The fourth-order valence-electron chi connectivity index (χ4n) is 1.80. The van der Waals surface area contributed by atoms with E-state index in [2.05, 4.69) is 10.5 Å². The summed E-state index contributed by atoms with van der Waals surface area (Å²) in [5.74, 6) is -1.88. The zero-order chi connectivity index (χ0) is 15.4. The summed E-state index contributed by atoms with van der Waals surface area (Å²) in [7, 11) is 0. The van der Waals surface area contributed by atoms with Gasteiger partial charge < -0.3 is 0 Å². The lowest BCUT2D eigenvalue weighted by Crippen LogP contribution is -2.20. The van der Waals surface area contributed by atoms with Crippen LogP contribution in [0.2, 0.25) is 0 Å². The van der Waals surface area contributed by atoms with E-state index < -0.39 is 17.5 Å². The van der Waals surface area contributed by atoms with Crippen molar-refractivity contribution < 1.29 is 13.6 Å². The minimum Gasteiger partial charge on any atom is -0.267 e. The molecule has 0 radical (unpaired) electrons. The van der Waals surface area contributed by atoms with E-state index in [1.165, 1.54) is 13.0 Å². The summed E-state index contributed by atoms with van der Waals surface area (Å²) in [5, 5.41) is 3.75. The number of carbonyl (C=O) groups excluding carboxylic acids is 1. The normalized spacial score (nSPS) is 11.3. The number of hydrogen-bond acceptors (Lipinski definition) is 2.